The van der Waals surface area contributed by atoms with E-state index in [1.807, 2.05) is 0 Å². The average molecular weight is 316 g/mol. The van der Waals surface area contributed by atoms with Crippen molar-refractivity contribution < 1.29 is 13.2 Å². The fourth-order valence-electron chi connectivity index (χ4n) is 2.41. The van der Waals surface area contributed by atoms with Gasteiger partial charge in [-0.15, -0.1) is 0 Å². The molecule has 20 heavy (non-hydrogen) atoms. The van der Waals surface area contributed by atoms with Crippen LogP contribution < -0.4 is 0 Å². The minimum absolute atomic E-state index is 0.00272. The number of ether oxygens (including phenoxy) is 1. The lowest BCUT2D eigenvalue weighted by atomic mass is 10.3. The molecule has 3 heterocycles. The maximum Gasteiger partial charge on any atom is 0.262 e. The van der Waals surface area contributed by atoms with Gasteiger partial charge in [-0.1, -0.05) is 17.7 Å². The summed E-state index contributed by atoms with van der Waals surface area (Å²) >= 11 is 6.03. The zero-order chi connectivity index (χ0) is 14.3. The van der Waals surface area contributed by atoms with E-state index in [4.69, 9.17) is 16.3 Å². The van der Waals surface area contributed by atoms with Crippen molar-refractivity contribution in [3.8, 4) is 0 Å². The maximum atomic E-state index is 12.7. The van der Waals surface area contributed by atoms with E-state index in [1.54, 1.807) is 31.5 Å². The fourth-order valence-corrected chi connectivity index (χ4v) is 4.49. The second kappa shape index (κ2) is 5.00. The summed E-state index contributed by atoms with van der Waals surface area (Å²) in [5.74, 6) is 0. The van der Waals surface area contributed by atoms with Gasteiger partial charge in [-0.05, 0) is 18.6 Å². The minimum atomic E-state index is -3.67. The van der Waals surface area contributed by atoms with Gasteiger partial charge in [0.1, 0.15) is 5.65 Å². The van der Waals surface area contributed by atoms with Gasteiger partial charge in [-0.25, -0.2) is 13.4 Å². The lowest BCUT2D eigenvalue weighted by Gasteiger charge is -2.16. The van der Waals surface area contributed by atoms with E-state index in [0.29, 0.717) is 25.2 Å². The number of methoxy groups -OCH3 is 1. The molecule has 0 N–H and O–H groups in total. The topological polar surface area (TPSA) is 63.9 Å². The summed E-state index contributed by atoms with van der Waals surface area (Å²) in [6.45, 7) is 0.770. The highest BCUT2D eigenvalue weighted by Crippen LogP contribution is 2.28. The van der Waals surface area contributed by atoms with Crippen LogP contribution in [0.15, 0.2) is 29.4 Å². The number of fused-ring (bicyclic) bond motifs is 1. The standard InChI is InChI=1S/C12H14ClN3O3S/c1-19-9-5-7-15(8-9)20(17,18)12-11(13)14-10-4-2-3-6-16(10)12/h2-4,6,9H,5,7-8H2,1H3. The van der Waals surface area contributed by atoms with Crippen LogP contribution in [0.2, 0.25) is 5.15 Å². The predicted molar refractivity (Wildman–Crippen MR) is 74.4 cm³/mol. The van der Waals surface area contributed by atoms with Crippen LogP contribution in [0.3, 0.4) is 0 Å². The van der Waals surface area contributed by atoms with Gasteiger partial charge in [-0.3, -0.25) is 4.40 Å². The predicted octanol–water partition coefficient (Wildman–Crippen LogP) is 1.40. The maximum absolute atomic E-state index is 12.7. The molecule has 3 rings (SSSR count). The van der Waals surface area contributed by atoms with Crippen molar-refractivity contribution in [2.24, 2.45) is 0 Å². The smallest absolute Gasteiger partial charge is 0.262 e. The van der Waals surface area contributed by atoms with Crippen molar-refractivity contribution in [3.63, 3.8) is 0 Å². The molecule has 1 aliphatic rings. The van der Waals surface area contributed by atoms with E-state index in [2.05, 4.69) is 4.98 Å². The summed E-state index contributed by atoms with van der Waals surface area (Å²) < 4.78 is 33.5. The van der Waals surface area contributed by atoms with E-state index in [-0.39, 0.29) is 16.3 Å². The van der Waals surface area contributed by atoms with E-state index < -0.39 is 10.0 Å². The second-order valence-corrected chi connectivity index (χ2v) is 6.86. The SMILES string of the molecule is COC1CCN(S(=O)(=O)c2c(Cl)nc3ccccn23)C1. The first-order valence-corrected chi connectivity index (χ1v) is 8.01. The summed E-state index contributed by atoms with van der Waals surface area (Å²) in [5.41, 5.74) is 0.513. The lowest BCUT2D eigenvalue weighted by molar-refractivity contribution is 0.115. The number of nitrogens with zero attached hydrogens (tertiary/aromatic N) is 3. The molecule has 0 aliphatic carbocycles. The Labute approximate surface area is 122 Å². The minimum Gasteiger partial charge on any atom is -0.380 e. The third-order valence-electron chi connectivity index (χ3n) is 3.47. The molecule has 1 atom stereocenters. The molecule has 0 saturated carbocycles. The van der Waals surface area contributed by atoms with Gasteiger partial charge in [0.15, 0.2) is 10.2 Å². The third kappa shape index (κ3) is 2.10. The number of pyridine rings is 1. The normalized spacial score (nSPS) is 20.8. The summed E-state index contributed by atoms with van der Waals surface area (Å²) in [4.78, 5) is 4.08. The van der Waals surface area contributed by atoms with Crippen molar-refractivity contribution in [2.75, 3.05) is 20.2 Å². The monoisotopic (exact) mass is 315 g/mol. The molecular formula is C12H14ClN3O3S. The highest BCUT2D eigenvalue weighted by Gasteiger charge is 2.36. The number of halogens is 1. The van der Waals surface area contributed by atoms with Crippen molar-refractivity contribution in [2.45, 2.75) is 17.6 Å². The second-order valence-electron chi connectivity index (χ2n) is 4.65. The van der Waals surface area contributed by atoms with Crippen LogP contribution in [0.5, 0.6) is 0 Å². The molecule has 2 aromatic rings. The number of hydrogen-bond donors (Lipinski definition) is 0. The van der Waals surface area contributed by atoms with Crippen LogP contribution in [0, 0.1) is 0 Å². The molecule has 1 unspecified atom stereocenters. The quantitative estimate of drug-likeness (QED) is 0.859. The van der Waals surface area contributed by atoms with Crippen molar-refractivity contribution >= 4 is 27.3 Å². The van der Waals surface area contributed by atoms with Crippen LogP contribution >= 0.6 is 11.6 Å². The van der Waals surface area contributed by atoms with Gasteiger partial charge < -0.3 is 4.74 Å². The average Bonchev–Trinajstić information content (AvgIpc) is 3.01. The molecule has 0 amide bonds. The molecule has 108 valence electrons. The molecule has 0 bridgehead atoms. The molecule has 1 fully saturated rings. The van der Waals surface area contributed by atoms with Gasteiger partial charge >= 0.3 is 0 Å². The Balaban J connectivity index is 2.08. The van der Waals surface area contributed by atoms with Crippen LogP contribution in [-0.2, 0) is 14.8 Å². The van der Waals surface area contributed by atoms with Gasteiger partial charge in [0.05, 0.1) is 6.10 Å². The first-order valence-electron chi connectivity index (χ1n) is 6.19. The zero-order valence-electron chi connectivity index (χ0n) is 10.9. The van der Waals surface area contributed by atoms with Crippen LogP contribution in [0.25, 0.3) is 5.65 Å². The van der Waals surface area contributed by atoms with Gasteiger partial charge in [0.2, 0.25) is 0 Å². The van der Waals surface area contributed by atoms with Gasteiger partial charge in [0, 0.05) is 26.4 Å². The highest BCUT2D eigenvalue weighted by molar-refractivity contribution is 7.89. The van der Waals surface area contributed by atoms with Gasteiger partial charge in [0.25, 0.3) is 10.0 Å². The lowest BCUT2D eigenvalue weighted by Crippen LogP contribution is -2.31. The highest BCUT2D eigenvalue weighted by atomic mass is 35.5. The Hall–Kier alpha value is -1.15. The molecule has 8 heteroatoms. The van der Waals surface area contributed by atoms with E-state index >= 15 is 0 Å². The van der Waals surface area contributed by atoms with Crippen LogP contribution in [0.1, 0.15) is 6.42 Å². The summed E-state index contributed by atoms with van der Waals surface area (Å²) in [6.07, 6.45) is 2.26. The van der Waals surface area contributed by atoms with Crippen molar-refractivity contribution in [1.29, 1.82) is 0 Å². The Bertz CT molecular complexity index is 743. The Kier molecular flexibility index (Phi) is 3.45. The number of rotatable bonds is 3. The number of aromatic nitrogens is 2. The molecule has 0 spiro atoms. The molecule has 1 saturated heterocycles. The number of imidazole rings is 1. The Morgan fingerprint density at radius 2 is 2.25 bits per heavy atom. The molecule has 6 nitrogen and oxygen atoms in total. The van der Waals surface area contributed by atoms with E-state index in [9.17, 15) is 8.42 Å². The van der Waals surface area contributed by atoms with Crippen LogP contribution in [-0.4, -0.2) is 48.4 Å². The molecule has 0 aromatic carbocycles. The van der Waals surface area contributed by atoms with Crippen molar-refractivity contribution in [1.82, 2.24) is 13.7 Å². The zero-order valence-corrected chi connectivity index (χ0v) is 12.4. The van der Waals surface area contributed by atoms with Crippen LogP contribution in [0.4, 0.5) is 0 Å². The first kappa shape index (κ1) is 13.8. The largest absolute Gasteiger partial charge is 0.380 e. The van der Waals surface area contributed by atoms with E-state index in [1.165, 1.54) is 8.71 Å². The third-order valence-corrected chi connectivity index (χ3v) is 5.74. The summed E-state index contributed by atoms with van der Waals surface area (Å²) in [7, 11) is -2.09. The molecule has 0 radical (unpaired) electrons. The fraction of sp³-hybridized carbons (Fsp3) is 0.417. The summed E-state index contributed by atoms with van der Waals surface area (Å²) in [6, 6.07) is 5.24. The number of sulfonamides is 1. The first-order chi connectivity index (χ1) is 9.54. The molecular weight excluding hydrogens is 302 g/mol. The molecule has 2 aromatic heterocycles. The molecule has 1 aliphatic heterocycles. The van der Waals surface area contributed by atoms with E-state index in [0.717, 1.165) is 0 Å². The number of hydrogen-bond acceptors (Lipinski definition) is 4. The van der Waals surface area contributed by atoms with Crippen molar-refractivity contribution in [3.05, 3.63) is 29.5 Å². The Morgan fingerprint density at radius 3 is 2.95 bits per heavy atom. The Morgan fingerprint density at radius 1 is 1.45 bits per heavy atom. The summed E-state index contributed by atoms with van der Waals surface area (Å²) in [5, 5.41) is 0.0172. The van der Waals surface area contributed by atoms with Gasteiger partial charge in [-0.2, -0.15) is 4.31 Å².